The molecule has 0 aliphatic carbocycles. The van der Waals surface area contributed by atoms with Gasteiger partial charge in [0.2, 0.25) is 0 Å². The van der Waals surface area contributed by atoms with Crippen LogP contribution < -0.4 is 10.1 Å². The van der Waals surface area contributed by atoms with Crippen molar-refractivity contribution < 1.29 is 9.53 Å². The Balaban J connectivity index is 1.89. The average molecular weight is 283 g/mol. The quantitative estimate of drug-likeness (QED) is 0.879. The molecule has 0 aliphatic rings. The first-order valence-electron chi connectivity index (χ1n) is 7.23. The summed E-state index contributed by atoms with van der Waals surface area (Å²) in [5, 5.41) is 3.01. The highest BCUT2D eigenvalue weighted by Gasteiger charge is 2.12. The summed E-state index contributed by atoms with van der Waals surface area (Å²) < 4.78 is 5.46. The molecule has 1 atom stereocenters. The van der Waals surface area contributed by atoms with Gasteiger partial charge in [-0.3, -0.25) is 4.79 Å². The fraction of sp³-hybridized carbons (Fsp3) is 0.278. The molecule has 0 aliphatic heterocycles. The van der Waals surface area contributed by atoms with Crippen LogP contribution in [0.15, 0.2) is 54.6 Å². The summed E-state index contributed by atoms with van der Waals surface area (Å²) in [5.41, 5.74) is 2.34. The van der Waals surface area contributed by atoms with Gasteiger partial charge in [-0.05, 0) is 31.0 Å². The minimum atomic E-state index is -0.105. The summed E-state index contributed by atoms with van der Waals surface area (Å²) in [6.07, 6.45) is 0.847. The molecule has 2 aromatic carbocycles. The third-order valence-corrected chi connectivity index (χ3v) is 3.34. The third-order valence-electron chi connectivity index (χ3n) is 3.34. The van der Waals surface area contributed by atoms with Gasteiger partial charge in [0.25, 0.3) is 5.91 Å². The van der Waals surface area contributed by atoms with Crippen molar-refractivity contribution in [3.05, 3.63) is 65.7 Å². The number of rotatable bonds is 6. The minimum absolute atomic E-state index is 0.0254. The van der Waals surface area contributed by atoms with Crippen LogP contribution in [0.1, 0.15) is 30.5 Å². The Kier molecular flexibility index (Phi) is 5.38. The fourth-order valence-corrected chi connectivity index (χ4v) is 2.12. The SMILES string of the molecule is CC[C@H](NC(=O)COc1ccccc1)c1ccc(C)cc1. The van der Waals surface area contributed by atoms with Gasteiger partial charge in [-0.2, -0.15) is 0 Å². The molecule has 0 fully saturated rings. The maximum absolute atomic E-state index is 12.0. The summed E-state index contributed by atoms with van der Waals surface area (Å²) >= 11 is 0. The van der Waals surface area contributed by atoms with Gasteiger partial charge in [-0.1, -0.05) is 55.0 Å². The number of hydrogen-bond acceptors (Lipinski definition) is 2. The molecule has 0 saturated carbocycles. The van der Waals surface area contributed by atoms with Crippen LogP contribution in [0.5, 0.6) is 5.75 Å². The smallest absolute Gasteiger partial charge is 0.258 e. The molecule has 1 amide bonds. The second-order valence-electron chi connectivity index (χ2n) is 5.04. The molecule has 0 heterocycles. The number of amides is 1. The zero-order chi connectivity index (χ0) is 15.1. The van der Waals surface area contributed by atoms with E-state index in [-0.39, 0.29) is 18.6 Å². The first-order valence-corrected chi connectivity index (χ1v) is 7.23. The number of carbonyl (C=O) groups is 1. The average Bonchev–Trinajstić information content (AvgIpc) is 2.52. The van der Waals surface area contributed by atoms with Crippen molar-refractivity contribution in [1.82, 2.24) is 5.32 Å². The molecule has 0 unspecified atom stereocenters. The normalized spacial score (nSPS) is 11.7. The zero-order valence-corrected chi connectivity index (χ0v) is 12.5. The Morgan fingerprint density at radius 2 is 1.76 bits per heavy atom. The molecule has 0 bridgehead atoms. The van der Waals surface area contributed by atoms with E-state index in [1.54, 1.807) is 0 Å². The van der Waals surface area contributed by atoms with E-state index in [2.05, 4.69) is 43.4 Å². The second kappa shape index (κ2) is 7.48. The van der Waals surface area contributed by atoms with Crippen molar-refractivity contribution >= 4 is 5.91 Å². The van der Waals surface area contributed by atoms with Crippen molar-refractivity contribution in [2.24, 2.45) is 0 Å². The lowest BCUT2D eigenvalue weighted by Gasteiger charge is -2.18. The van der Waals surface area contributed by atoms with E-state index >= 15 is 0 Å². The van der Waals surface area contributed by atoms with Crippen LogP contribution in [0.25, 0.3) is 0 Å². The highest BCUT2D eigenvalue weighted by atomic mass is 16.5. The Labute approximate surface area is 126 Å². The van der Waals surface area contributed by atoms with Gasteiger partial charge in [0.15, 0.2) is 6.61 Å². The van der Waals surface area contributed by atoms with Crippen LogP contribution in [0.4, 0.5) is 0 Å². The number of aryl methyl sites for hydroxylation is 1. The van der Waals surface area contributed by atoms with Gasteiger partial charge in [0.1, 0.15) is 5.75 Å². The van der Waals surface area contributed by atoms with E-state index in [9.17, 15) is 4.79 Å². The number of ether oxygens (including phenoxy) is 1. The summed E-state index contributed by atoms with van der Waals surface area (Å²) in [4.78, 5) is 12.0. The van der Waals surface area contributed by atoms with E-state index in [0.717, 1.165) is 12.0 Å². The zero-order valence-electron chi connectivity index (χ0n) is 12.5. The standard InChI is InChI=1S/C18H21NO2/c1-3-17(15-11-9-14(2)10-12-15)19-18(20)13-21-16-7-5-4-6-8-16/h4-12,17H,3,13H2,1-2H3,(H,19,20)/t17-/m0/s1. The summed E-state index contributed by atoms with van der Waals surface area (Å²) in [6.45, 7) is 4.15. The van der Waals surface area contributed by atoms with Gasteiger partial charge < -0.3 is 10.1 Å². The monoisotopic (exact) mass is 283 g/mol. The fourth-order valence-electron chi connectivity index (χ4n) is 2.12. The van der Waals surface area contributed by atoms with E-state index in [4.69, 9.17) is 4.74 Å². The lowest BCUT2D eigenvalue weighted by molar-refractivity contribution is -0.123. The molecule has 3 heteroatoms. The largest absolute Gasteiger partial charge is 0.484 e. The predicted octanol–water partition coefficient (Wildman–Crippen LogP) is 3.64. The van der Waals surface area contributed by atoms with E-state index in [1.165, 1.54) is 5.56 Å². The lowest BCUT2D eigenvalue weighted by atomic mass is 10.0. The molecule has 1 N–H and O–H groups in total. The minimum Gasteiger partial charge on any atom is -0.484 e. The molecular weight excluding hydrogens is 262 g/mol. The predicted molar refractivity (Wildman–Crippen MR) is 84.3 cm³/mol. The highest BCUT2D eigenvalue weighted by Crippen LogP contribution is 2.17. The molecule has 0 radical (unpaired) electrons. The van der Waals surface area contributed by atoms with Crippen LogP contribution in [0.3, 0.4) is 0 Å². The van der Waals surface area contributed by atoms with Crippen molar-refractivity contribution in [2.75, 3.05) is 6.61 Å². The number of hydrogen-bond donors (Lipinski definition) is 1. The molecule has 3 nitrogen and oxygen atoms in total. The summed E-state index contributed by atoms with van der Waals surface area (Å²) in [7, 11) is 0. The van der Waals surface area contributed by atoms with Crippen LogP contribution >= 0.6 is 0 Å². The molecule has 2 rings (SSSR count). The lowest BCUT2D eigenvalue weighted by Crippen LogP contribution is -2.32. The summed E-state index contributed by atoms with van der Waals surface area (Å²) in [5.74, 6) is 0.599. The van der Waals surface area contributed by atoms with Gasteiger partial charge >= 0.3 is 0 Å². The maximum Gasteiger partial charge on any atom is 0.258 e. The van der Waals surface area contributed by atoms with Crippen molar-refractivity contribution in [3.8, 4) is 5.75 Å². The molecule has 21 heavy (non-hydrogen) atoms. The topological polar surface area (TPSA) is 38.3 Å². The third kappa shape index (κ3) is 4.63. The molecule has 2 aromatic rings. The Morgan fingerprint density at radius 3 is 2.38 bits per heavy atom. The van der Waals surface area contributed by atoms with E-state index in [1.807, 2.05) is 30.3 Å². The molecular formula is C18H21NO2. The molecule has 0 aromatic heterocycles. The van der Waals surface area contributed by atoms with Crippen molar-refractivity contribution in [2.45, 2.75) is 26.3 Å². The van der Waals surface area contributed by atoms with E-state index < -0.39 is 0 Å². The Morgan fingerprint density at radius 1 is 1.10 bits per heavy atom. The summed E-state index contributed by atoms with van der Waals surface area (Å²) in [6, 6.07) is 17.6. The van der Waals surface area contributed by atoms with Crippen LogP contribution in [-0.2, 0) is 4.79 Å². The van der Waals surface area contributed by atoms with Crippen LogP contribution in [-0.4, -0.2) is 12.5 Å². The number of carbonyl (C=O) groups excluding carboxylic acids is 1. The number of benzene rings is 2. The van der Waals surface area contributed by atoms with Gasteiger partial charge in [-0.15, -0.1) is 0 Å². The van der Waals surface area contributed by atoms with Gasteiger partial charge in [0.05, 0.1) is 6.04 Å². The maximum atomic E-state index is 12.0. The Bertz CT molecular complexity index is 564. The first-order chi connectivity index (χ1) is 10.2. The second-order valence-corrected chi connectivity index (χ2v) is 5.04. The highest BCUT2D eigenvalue weighted by molar-refractivity contribution is 5.78. The van der Waals surface area contributed by atoms with E-state index in [0.29, 0.717) is 5.75 Å². The van der Waals surface area contributed by atoms with Crippen LogP contribution in [0.2, 0.25) is 0 Å². The van der Waals surface area contributed by atoms with Gasteiger partial charge in [0, 0.05) is 0 Å². The molecule has 110 valence electrons. The molecule has 0 spiro atoms. The van der Waals surface area contributed by atoms with Gasteiger partial charge in [-0.25, -0.2) is 0 Å². The number of para-hydroxylation sites is 1. The molecule has 0 saturated heterocycles. The first kappa shape index (κ1) is 15.1. The van der Waals surface area contributed by atoms with Crippen LogP contribution in [0, 0.1) is 6.92 Å². The Hall–Kier alpha value is -2.29. The van der Waals surface area contributed by atoms with Crippen molar-refractivity contribution in [1.29, 1.82) is 0 Å². The number of nitrogens with one attached hydrogen (secondary N) is 1. The van der Waals surface area contributed by atoms with Crippen molar-refractivity contribution in [3.63, 3.8) is 0 Å².